The van der Waals surface area contributed by atoms with Crippen LogP contribution in [0.5, 0.6) is 0 Å². The Morgan fingerprint density at radius 3 is 2.69 bits per heavy atom. The molecule has 4 nitrogen and oxygen atoms in total. The van der Waals surface area contributed by atoms with E-state index in [1.807, 2.05) is 18.7 Å². The second-order valence-corrected chi connectivity index (χ2v) is 4.81. The average molecular weight is 223 g/mol. The lowest BCUT2D eigenvalue weighted by atomic mass is 10.2. The Kier molecular flexibility index (Phi) is 3.30. The maximum atomic E-state index is 9.73. The SMILES string of the molecule is Cc1nn(C)c(C)c1CNCC(O)C1CC1. The smallest absolute Gasteiger partial charge is 0.0692 e. The highest BCUT2D eigenvalue weighted by Gasteiger charge is 2.29. The predicted octanol–water partition coefficient (Wildman–Crippen LogP) is 0.897. The standard InChI is InChI=1S/C12H21N3O/c1-8-11(9(2)15(3)14-8)6-13-7-12(16)10-4-5-10/h10,12-13,16H,4-7H2,1-3H3. The number of aliphatic hydroxyl groups excluding tert-OH is 1. The number of hydrogen-bond acceptors (Lipinski definition) is 3. The van der Waals surface area contributed by atoms with Crippen LogP contribution in [0.15, 0.2) is 0 Å². The Labute approximate surface area is 96.7 Å². The van der Waals surface area contributed by atoms with Gasteiger partial charge in [-0.1, -0.05) is 0 Å². The molecule has 0 bridgehead atoms. The molecule has 1 aliphatic carbocycles. The van der Waals surface area contributed by atoms with Crippen molar-refractivity contribution in [3.8, 4) is 0 Å². The summed E-state index contributed by atoms with van der Waals surface area (Å²) in [6.45, 7) is 5.60. The summed E-state index contributed by atoms with van der Waals surface area (Å²) in [6, 6.07) is 0. The molecule has 1 fully saturated rings. The molecule has 1 atom stereocenters. The normalized spacial score (nSPS) is 17.8. The third-order valence-electron chi connectivity index (χ3n) is 3.48. The molecule has 0 radical (unpaired) electrons. The molecular weight excluding hydrogens is 202 g/mol. The summed E-state index contributed by atoms with van der Waals surface area (Å²) < 4.78 is 1.91. The first-order valence-corrected chi connectivity index (χ1v) is 5.97. The second-order valence-electron chi connectivity index (χ2n) is 4.81. The average Bonchev–Trinajstić information content (AvgIpc) is 3.02. The number of nitrogens with zero attached hydrogens (tertiary/aromatic N) is 2. The molecule has 1 saturated carbocycles. The predicted molar refractivity (Wildman–Crippen MR) is 63.1 cm³/mol. The lowest BCUT2D eigenvalue weighted by Crippen LogP contribution is -2.28. The van der Waals surface area contributed by atoms with E-state index in [2.05, 4.69) is 17.3 Å². The van der Waals surface area contributed by atoms with Gasteiger partial charge in [-0.05, 0) is 32.6 Å². The Morgan fingerprint density at radius 2 is 2.19 bits per heavy atom. The molecule has 1 aliphatic rings. The number of aryl methyl sites for hydroxylation is 2. The molecule has 2 rings (SSSR count). The first-order chi connectivity index (χ1) is 7.59. The molecular formula is C12H21N3O. The molecule has 0 aromatic carbocycles. The van der Waals surface area contributed by atoms with E-state index in [1.165, 1.54) is 24.1 Å². The van der Waals surface area contributed by atoms with Gasteiger partial charge in [0.05, 0.1) is 11.8 Å². The molecule has 1 aromatic rings. The molecule has 4 heteroatoms. The van der Waals surface area contributed by atoms with Crippen molar-refractivity contribution in [2.24, 2.45) is 13.0 Å². The zero-order valence-corrected chi connectivity index (χ0v) is 10.3. The van der Waals surface area contributed by atoms with Crippen LogP contribution in [0.3, 0.4) is 0 Å². The summed E-state index contributed by atoms with van der Waals surface area (Å²) in [5.41, 5.74) is 3.53. The number of aliphatic hydroxyl groups is 1. The highest BCUT2D eigenvalue weighted by Crippen LogP contribution is 2.32. The number of nitrogens with one attached hydrogen (secondary N) is 1. The van der Waals surface area contributed by atoms with Crippen LogP contribution >= 0.6 is 0 Å². The van der Waals surface area contributed by atoms with Crippen molar-refractivity contribution in [3.63, 3.8) is 0 Å². The molecule has 90 valence electrons. The van der Waals surface area contributed by atoms with E-state index in [9.17, 15) is 5.11 Å². The van der Waals surface area contributed by atoms with Gasteiger partial charge in [-0.2, -0.15) is 5.10 Å². The van der Waals surface area contributed by atoms with Crippen molar-refractivity contribution in [3.05, 3.63) is 17.0 Å². The summed E-state index contributed by atoms with van der Waals surface area (Å²) in [6.07, 6.45) is 2.21. The van der Waals surface area contributed by atoms with Crippen molar-refractivity contribution in [2.45, 2.75) is 39.3 Å². The van der Waals surface area contributed by atoms with Crippen LogP contribution in [0.1, 0.15) is 29.8 Å². The van der Waals surface area contributed by atoms with Crippen molar-refractivity contribution in [2.75, 3.05) is 6.54 Å². The van der Waals surface area contributed by atoms with Crippen molar-refractivity contribution in [1.29, 1.82) is 0 Å². The van der Waals surface area contributed by atoms with Crippen LogP contribution in [0.2, 0.25) is 0 Å². The number of rotatable bonds is 5. The van der Waals surface area contributed by atoms with E-state index in [0.717, 1.165) is 12.2 Å². The lowest BCUT2D eigenvalue weighted by molar-refractivity contribution is 0.148. The third-order valence-corrected chi connectivity index (χ3v) is 3.48. The van der Waals surface area contributed by atoms with Crippen LogP contribution in [0, 0.1) is 19.8 Å². The van der Waals surface area contributed by atoms with Gasteiger partial charge in [0, 0.05) is 31.4 Å². The molecule has 0 saturated heterocycles. The quantitative estimate of drug-likeness (QED) is 0.779. The minimum absolute atomic E-state index is 0.169. The van der Waals surface area contributed by atoms with Gasteiger partial charge in [0.25, 0.3) is 0 Å². The first kappa shape index (κ1) is 11.6. The molecule has 1 unspecified atom stereocenters. The minimum Gasteiger partial charge on any atom is -0.392 e. The highest BCUT2D eigenvalue weighted by molar-refractivity contribution is 5.23. The van der Waals surface area contributed by atoms with Crippen LogP contribution in [-0.4, -0.2) is 27.5 Å². The zero-order valence-electron chi connectivity index (χ0n) is 10.3. The van der Waals surface area contributed by atoms with Gasteiger partial charge in [-0.3, -0.25) is 4.68 Å². The van der Waals surface area contributed by atoms with Crippen molar-refractivity contribution >= 4 is 0 Å². The van der Waals surface area contributed by atoms with E-state index in [0.29, 0.717) is 12.5 Å². The third kappa shape index (κ3) is 2.44. The van der Waals surface area contributed by atoms with E-state index in [-0.39, 0.29) is 6.10 Å². The van der Waals surface area contributed by atoms with Gasteiger partial charge in [-0.15, -0.1) is 0 Å². The van der Waals surface area contributed by atoms with Gasteiger partial charge in [0.15, 0.2) is 0 Å². The van der Waals surface area contributed by atoms with Crippen molar-refractivity contribution < 1.29 is 5.11 Å². The van der Waals surface area contributed by atoms with Crippen molar-refractivity contribution in [1.82, 2.24) is 15.1 Å². The van der Waals surface area contributed by atoms with Crippen LogP contribution in [0.4, 0.5) is 0 Å². The van der Waals surface area contributed by atoms with Gasteiger partial charge >= 0.3 is 0 Å². The molecule has 0 amide bonds. The van der Waals surface area contributed by atoms with Crippen LogP contribution < -0.4 is 5.32 Å². The molecule has 0 aliphatic heterocycles. The summed E-state index contributed by atoms with van der Waals surface area (Å²) in [4.78, 5) is 0. The van der Waals surface area contributed by atoms with Crippen LogP contribution in [-0.2, 0) is 13.6 Å². The topological polar surface area (TPSA) is 50.1 Å². The molecule has 1 aromatic heterocycles. The van der Waals surface area contributed by atoms with E-state index in [4.69, 9.17) is 0 Å². The minimum atomic E-state index is -0.169. The van der Waals surface area contributed by atoms with Gasteiger partial charge in [0.2, 0.25) is 0 Å². The lowest BCUT2D eigenvalue weighted by Gasteiger charge is -2.10. The second kappa shape index (κ2) is 4.55. The zero-order chi connectivity index (χ0) is 11.7. The largest absolute Gasteiger partial charge is 0.392 e. The fourth-order valence-electron chi connectivity index (χ4n) is 2.07. The van der Waals surface area contributed by atoms with E-state index < -0.39 is 0 Å². The maximum Gasteiger partial charge on any atom is 0.0692 e. The number of hydrogen-bond donors (Lipinski definition) is 2. The Balaban J connectivity index is 1.84. The fourth-order valence-corrected chi connectivity index (χ4v) is 2.07. The van der Waals surface area contributed by atoms with Gasteiger partial charge in [0.1, 0.15) is 0 Å². The van der Waals surface area contributed by atoms with E-state index in [1.54, 1.807) is 0 Å². The highest BCUT2D eigenvalue weighted by atomic mass is 16.3. The maximum absolute atomic E-state index is 9.73. The van der Waals surface area contributed by atoms with E-state index >= 15 is 0 Å². The Hall–Kier alpha value is -0.870. The number of aromatic nitrogens is 2. The Morgan fingerprint density at radius 1 is 1.50 bits per heavy atom. The monoisotopic (exact) mass is 223 g/mol. The summed E-state index contributed by atoms with van der Waals surface area (Å²) in [5.74, 6) is 0.545. The summed E-state index contributed by atoms with van der Waals surface area (Å²) in [7, 11) is 1.96. The van der Waals surface area contributed by atoms with Crippen LogP contribution in [0.25, 0.3) is 0 Å². The molecule has 16 heavy (non-hydrogen) atoms. The van der Waals surface area contributed by atoms with Gasteiger partial charge in [-0.25, -0.2) is 0 Å². The Bertz CT molecular complexity index is 369. The molecule has 0 spiro atoms. The summed E-state index contributed by atoms with van der Waals surface area (Å²) >= 11 is 0. The molecule has 2 N–H and O–H groups in total. The van der Waals surface area contributed by atoms with Gasteiger partial charge < -0.3 is 10.4 Å². The fraction of sp³-hybridized carbons (Fsp3) is 0.750. The summed E-state index contributed by atoms with van der Waals surface area (Å²) in [5, 5.41) is 17.4. The first-order valence-electron chi connectivity index (χ1n) is 5.97. The molecule has 1 heterocycles.